The van der Waals surface area contributed by atoms with Crippen LogP contribution in [0.2, 0.25) is 0 Å². The molecule has 0 aliphatic heterocycles. The van der Waals surface area contributed by atoms with Crippen molar-refractivity contribution >= 4 is 5.91 Å². The van der Waals surface area contributed by atoms with E-state index in [4.69, 9.17) is 9.47 Å². The Kier molecular flexibility index (Phi) is 11.9. The van der Waals surface area contributed by atoms with Crippen molar-refractivity contribution in [1.82, 2.24) is 10.6 Å². The molecule has 2 N–H and O–H groups in total. The molecule has 0 heterocycles. The molecule has 0 saturated heterocycles. The molecule has 0 atom stereocenters. The molecule has 0 fully saturated rings. The molecule has 0 spiro atoms. The van der Waals surface area contributed by atoms with E-state index in [0.717, 1.165) is 19.4 Å². The van der Waals surface area contributed by atoms with Crippen LogP contribution in [-0.4, -0.2) is 52.5 Å². The monoisotopic (exact) mass is 232 g/mol. The van der Waals surface area contributed by atoms with E-state index in [-0.39, 0.29) is 5.91 Å². The van der Waals surface area contributed by atoms with Gasteiger partial charge in [0.05, 0.1) is 19.8 Å². The highest BCUT2D eigenvalue weighted by atomic mass is 16.5. The third-order valence-electron chi connectivity index (χ3n) is 1.98. The van der Waals surface area contributed by atoms with Crippen molar-refractivity contribution in [2.45, 2.75) is 19.8 Å². The Balaban J connectivity index is 3.09. The number of unbranched alkanes of at least 4 members (excludes halogenated alkanes) is 1. The lowest BCUT2D eigenvalue weighted by Gasteiger charge is -2.06. The standard InChI is InChI=1S/C11H24N2O3/c1-3-4-7-16-9-5-12-10-11(14)13-6-8-15-2/h12H,3-10H2,1-2H3,(H,13,14). The highest BCUT2D eigenvalue weighted by Gasteiger charge is 1.98. The summed E-state index contributed by atoms with van der Waals surface area (Å²) in [6.07, 6.45) is 2.24. The fourth-order valence-electron chi connectivity index (χ4n) is 1.05. The average Bonchev–Trinajstić information content (AvgIpc) is 2.28. The molecule has 0 aliphatic rings. The number of hydrogen-bond acceptors (Lipinski definition) is 4. The van der Waals surface area contributed by atoms with Crippen LogP contribution >= 0.6 is 0 Å². The van der Waals surface area contributed by atoms with E-state index in [2.05, 4.69) is 17.6 Å². The molecule has 0 saturated carbocycles. The number of carbonyl (C=O) groups excluding carboxylic acids is 1. The second kappa shape index (κ2) is 12.4. The zero-order valence-electron chi connectivity index (χ0n) is 10.4. The number of hydrogen-bond donors (Lipinski definition) is 2. The Bertz CT molecular complexity index is 165. The zero-order valence-corrected chi connectivity index (χ0v) is 10.4. The van der Waals surface area contributed by atoms with Gasteiger partial charge in [-0.05, 0) is 6.42 Å². The maximum Gasteiger partial charge on any atom is 0.234 e. The van der Waals surface area contributed by atoms with Crippen LogP contribution in [0.15, 0.2) is 0 Å². The second-order valence-corrected chi connectivity index (χ2v) is 3.49. The van der Waals surface area contributed by atoms with Crippen molar-refractivity contribution < 1.29 is 14.3 Å². The van der Waals surface area contributed by atoms with Gasteiger partial charge in [0, 0.05) is 26.8 Å². The minimum atomic E-state index is -0.00870. The zero-order chi connectivity index (χ0) is 12.1. The predicted molar refractivity (Wildman–Crippen MR) is 63.5 cm³/mol. The molecule has 0 aromatic carbocycles. The Hall–Kier alpha value is -0.650. The molecular weight excluding hydrogens is 208 g/mol. The molecule has 1 amide bonds. The van der Waals surface area contributed by atoms with Gasteiger partial charge in [-0.1, -0.05) is 13.3 Å². The number of ether oxygens (including phenoxy) is 2. The van der Waals surface area contributed by atoms with Gasteiger partial charge in [-0.2, -0.15) is 0 Å². The number of carbonyl (C=O) groups is 1. The summed E-state index contributed by atoms with van der Waals surface area (Å²) in [5, 5.41) is 5.74. The summed E-state index contributed by atoms with van der Waals surface area (Å²) >= 11 is 0. The van der Waals surface area contributed by atoms with E-state index in [9.17, 15) is 4.79 Å². The van der Waals surface area contributed by atoms with Crippen LogP contribution in [0.25, 0.3) is 0 Å². The summed E-state index contributed by atoms with van der Waals surface area (Å²) in [5.74, 6) is -0.00870. The first-order valence-corrected chi connectivity index (χ1v) is 5.85. The quantitative estimate of drug-likeness (QED) is 0.498. The third-order valence-corrected chi connectivity index (χ3v) is 1.98. The lowest BCUT2D eigenvalue weighted by Crippen LogP contribution is -2.36. The molecule has 96 valence electrons. The van der Waals surface area contributed by atoms with Gasteiger partial charge in [0.2, 0.25) is 5.91 Å². The van der Waals surface area contributed by atoms with Gasteiger partial charge in [0.1, 0.15) is 0 Å². The summed E-state index contributed by atoms with van der Waals surface area (Å²) in [6.45, 7) is 5.74. The van der Waals surface area contributed by atoms with Crippen LogP contribution in [-0.2, 0) is 14.3 Å². The van der Waals surface area contributed by atoms with E-state index in [1.807, 2.05) is 0 Å². The van der Waals surface area contributed by atoms with E-state index >= 15 is 0 Å². The van der Waals surface area contributed by atoms with E-state index in [1.165, 1.54) is 0 Å². The highest BCUT2D eigenvalue weighted by molar-refractivity contribution is 5.77. The predicted octanol–water partition coefficient (Wildman–Crippen LogP) is 0.155. The Morgan fingerprint density at radius 1 is 1.19 bits per heavy atom. The van der Waals surface area contributed by atoms with Crippen molar-refractivity contribution in [1.29, 1.82) is 0 Å². The smallest absolute Gasteiger partial charge is 0.234 e. The number of amides is 1. The number of nitrogens with one attached hydrogen (secondary N) is 2. The van der Waals surface area contributed by atoms with Crippen LogP contribution in [0.5, 0.6) is 0 Å². The number of methoxy groups -OCH3 is 1. The minimum Gasteiger partial charge on any atom is -0.383 e. The fourth-order valence-corrected chi connectivity index (χ4v) is 1.05. The fraction of sp³-hybridized carbons (Fsp3) is 0.909. The van der Waals surface area contributed by atoms with Crippen LogP contribution in [0.4, 0.5) is 0 Å². The van der Waals surface area contributed by atoms with Crippen LogP contribution in [0.1, 0.15) is 19.8 Å². The molecule has 0 rings (SSSR count). The van der Waals surface area contributed by atoms with Gasteiger partial charge in [-0.3, -0.25) is 4.79 Å². The Labute approximate surface area is 97.9 Å². The first-order valence-electron chi connectivity index (χ1n) is 5.85. The molecule has 0 bridgehead atoms. The molecule has 16 heavy (non-hydrogen) atoms. The first-order chi connectivity index (χ1) is 7.81. The molecule has 0 unspecified atom stereocenters. The lowest BCUT2D eigenvalue weighted by atomic mass is 10.4. The van der Waals surface area contributed by atoms with Crippen molar-refractivity contribution in [2.75, 3.05) is 46.6 Å². The summed E-state index contributed by atoms with van der Waals surface area (Å²) in [6, 6.07) is 0. The molecule has 0 radical (unpaired) electrons. The van der Waals surface area contributed by atoms with Crippen molar-refractivity contribution in [2.24, 2.45) is 0 Å². The normalized spacial score (nSPS) is 10.4. The van der Waals surface area contributed by atoms with Gasteiger partial charge in [-0.25, -0.2) is 0 Å². The molecule has 0 aromatic heterocycles. The van der Waals surface area contributed by atoms with Gasteiger partial charge >= 0.3 is 0 Å². The van der Waals surface area contributed by atoms with Crippen LogP contribution in [0, 0.1) is 0 Å². The summed E-state index contributed by atoms with van der Waals surface area (Å²) in [5.41, 5.74) is 0. The van der Waals surface area contributed by atoms with Crippen molar-refractivity contribution in [3.63, 3.8) is 0 Å². The summed E-state index contributed by atoms with van der Waals surface area (Å²) < 4.78 is 10.2. The molecule has 5 nitrogen and oxygen atoms in total. The largest absolute Gasteiger partial charge is 0.383 e. The van der Waals surface area contributed by atoms with Gasteiger partial charge in [-0.15, -0.1) is 0 Å². The Morgan fingerprint density at radius 2 is 2.00 bits per heavy atom. The van der Waals surface area contributed by atoms with E-state index in [1.54, 1.807) is 7.11 Å². The average molecular weight is 232 g/mol. The molecule has 0 aliphatic carbocycles. The number of rotatable bonds is 11. The van der Waals surface area contributed by atoms with Crippen LogP contribution < -0.4 is 10.6 Å². The topological polar surface area (TPSA) is 59.6 Å². The van der Waals surface area contributed by atoms with Crippen LogP contribution in [0.3, 0.4) is 0 Å². The summed E-state index contributed by atoms with van der Waals surface area (Å²) in [7, 11) is 1.61. The highest BCUT2D eigenvalue weighted by Crippen LogP contribution is 1.86. The van der Waals surface area contributed by atoms with E-state index < -0.39 is 0 Å². The minimum absolute atomic E-state index is 0.00870. The summed E-state index contributed by atoms with van der Waals surface area (Å²) in [4.78, 5) is 11.2. The maximum atomic E-state index is 11.2. The Morgan fingerprint density at radius 3 is 2.69 bits per heavy atom. The third kappa shape index (κ3) is 11.4. The molecule has 5 heteroatoms. The SMILES string of the molecule is CCCCOCCNCC(=O)NCCOC. The first kappa shape index (κ1) is 15.3. The van der Waals surface area contributed by atoms with Crippen molar-refractivity contribution in [3.05, 3.63) is 0 Å². The maximum absolute atomic E-state index is 11.2. The van der Waals surface area contributed by atoms with Gasteiger partial charge < -0.3 is 20.1 Å². The van der Waals surface area contributed by atoms with Gasteiger partial charge in [0.15, 0.2) is 0 Å². The van der Waals surface area contributed by atoms with E-state index in [0.29, 0.717) is 32.8 Å². The molecular formula is C11H24N2O3. The lowest BCUT2D eigenvalue weighted by molar-refractivity contribution is -0.120. The van der Waals surface area contributed by atoms with Gasteiger partial charge in [0.25, 0.3) is 0 Å². The molecule has 0 aromatic rings. The van der Waals surface area contributed by atoms with Crippen molar-refractivity contribution in [3.8, 4) is 0 Å². The second-order valence-electron chi connectivity index (χ2n) is 3.49.